The Bertz CT molecular complexity index is 1460. The number of carbonyl (C=O) groups excluding carboxylic acids is 1. The molecule has 8 atom stereocenters. The summed E-state index contributed by atoms with van der Waals surface area (Å²) in [5.74, 6) is 0.0770. The highest BCUT2D eigenvalue weighted by molar-refractivity contribution is 6.01. The van der Waals surface area contributed by atoms with Crippen LogP contribution in [-0.2, 0) is 21.8 Å². The molecule has 2 aromatic rings. The van der Waals surface area contributed by atoms with Gasteiger partial charge in [0.15, 0.2) is 0 Å². The highest BCUT2D eigenvalue weighted by atomic mass is 19.4. The van der Waals surface area contributed by atoms with E-state index in [0.717, 1.165) is 23.3 Å². The van der Waals surface area contributed by atoms with Crippen molar-refractivity contribution in [2.24, 2.45) is 34.5 Å². The van der Waals surface area contributed by atoms with Gasteiger partial charge in [0.2, 0.25) is 5.91 Å². The molecular formula is C30H26F3N3O. The zero-order valence-electron chi connectivity index (χ0n) is 21.0. The average Bonchev–Trinajstić information content (AvgIpc) is 2.86. The van der Waals surface area contributed by atoms with Gasteiger partial charge in [0, 0.05) is 28.8 Å². The van der Waals surface area contributed by atoms with Crippen LogP contribution in [0.25, 0.3) is 0 Å². The second-order valence-electron chi connectivity index (χ2n) is 12.2. The minimum Gasteiger partial charge on any atom is -0.337 e. The summed E-state index contributed by atoms with van der Waals surface area (Å²) in [6.07, 6.45) is -4.44. The molecule has 2 aromatic carbocycles. The van der Waals surface area contributed by atoms with E-state index in [2.05, 4.69) is 12.1 Å². The molecule has 0 radical (unpaired) electrons. The standard InChI is InChI=1S/C30H26F3N3O/c1-15(2)36(16(3)4)25(37)29-21-22-26(14-35)23(21)28(29,19-9-11-20(12-10-19)30(31,32)33)24(26)27(22,29)18-7-5-17(13-34)6-8-18/h5-12,15-16,21-24H,1-4H3. The Morgan fingerprint density at radius 1 is 0.892 bits per heavy atom. The summed E-state index contributed by atoms with van der Waals surface area (Å²) < 4.78 is 40.1. The van der Waals surface area contributed by atoms with Crippen LogP contribution in [-0.4, -0.2) is 22.9 Å². The molecule has 0 aromatic heterocycles. The third-order valence-electron chi connectivity index (χ3n) is 11.0. The summed E-state index contributed by atoms with van der Waals surface area (Å²) in [7, 11) is 0. The predicted octanol–water partition coefficient (Wildman–Crippen LogP) is 5.43. The Balaban J connectivity index is 1.44. The first kappa shape index (κ1) is 22.8. The molecule has 188 valence electrons. The molecule has 8 unspecified atom stereocenters. The van der Waals surface area contributed by atoms with Gasteiger partial charge in [0.05, 0.1) is 34.1 Å². The van der Waals surface area contributed by atoms with Gasteiger partial charge in [-0.1, -0.05) is 24.3 Å². The number of nitriles is 2. The van der Waals surface area contributed by atoms with Crippen molar-refractivity contribution in [3.8, 4) is 12.1 Å². The lowest BCUT2D eigenvalue weighted by atomic mass is 8.83. The number of carbonyl (C=O) groups is 1. The monoisotopic (exact) mass is 501 g/mol. The van der Waals surface area contributed by atoms with Gasteiger partial charge in [-0.2, -0.15) is 23.7 Å². The minimum absolute atomic E-state index is 0.00196. The maximum Gasteiger partial charge on any atom is 0.416 e. The lowest BCUT2D eigenvalue weighted by molar-refractivity contribution is -0.654. The summed E-state index contributed by atoms with van der Waals surface area (Å²) in [5, 5.41) is 19.7. The lowest BCUT2D eigenvalue weighted by Gasteiger charge is -3.17. The van der Waals surface area contributed by atoms with E-state index in [1.54, 1.807) is 24.3 Å². The predicted molar refractivity (Wildman–Crippen MR) is 128 cm³/mol. The molecule has 0 bridgehead atoms. The van der Waals surface area contributed by atoms with Gasteiger partial charge in [-0.05, 0) is 80.8 Å². The van der Waals surface area contributed by atoms with Gasteiger partial charge in [0.25, 0.3) is 0 Å². The van der Waals surface area contributed by atoms with Crippen molar-refractivity contribution >= 4 is 5.91 Å². The van der Waals surface area contributed by atoms with Crippen molar-refractivity contribution in [2.45, 2.75) is 56.8 Å². The van der Waals surface area contributed by atoms with Gasteiger partial charge in [-0.25, -0.2) is 0 Å². The van der Waals surface area contributed by atoms with E-state index < -0.39 is 33.4 Å². The summed E-state index contributed by atoms with van der Waals surface area (Å²) in [5.41, 5.74) is -0.885. The SMILES string of the molecule is CC(C)N(C(=O)C12C3C4C5(C#N)C3C1(c1ccc(C(F)(F)F)cc1)C5C42c1ccc(C#N)cc1)C(C)C. The highest BCUT2D eigenvalue weighted by Crippen LogP contribution is 3.17. The number of amides is 1. The van der Waals surface area contributed by atoms with Crippen LogP contribution in [0, 0.1) is 57.2 Å². The first-order chi connectivity index (χ1) is 17.5. The molecule has 6 aliphatic rings. The summed E-state index contributed by atoms with van der Waals surface area (Å²) in [4.78, 5) is 16.6. The maximum absolute atomic E-state index is 14.7. The van der Waals surface area contributed by atoms with E-state index in [0.29, 0.717) is 5.56 Å². The number of benzene rings is 2. The number of alkyl halides is 3. The maximum atomic E-state index is 14.7. The third-order valence-corrected chi connectivity index (χ3v) is 11.0. The molecule has 1 amide bonds. The number of halogens is 3. The number of nitrogens with zero attached hydrogens (tertiary/aromatic N) is 3. The van der Waals surface area contributed by atoms with Gasteiger partial charge in [0.1, 0.15) is 0 Å². The zero-order valence-corrected chi connectivity index (χ0v) is 21.0. The fourth-order valence-corrected chi connectivity index (χ4v) is 10.8. The van der Waals surface area contributed by atoms with Crippen molar-refractivity contribution < 1.29 is 18.0 Å². The Hall–Kier alpha value is -3.32. The minimum atomic E-state index is -4.44. The fourth-order valence-electron chi connectivity index (χ4n) is 10.8. The second-order valence-corrected chi connectivity index (χ2v) is 12.2. The van der Waals surface area contributed by atoms with Crippen molar-refractivity contribution in [1.29, 1.82) is 10.5 Å². The highest BCUT2D eigenvalue weighted by Gasteiger charge is 3.22. The zero-order chi connectivity index (χ0) is 26.5. The van der Waals surface area contributed by atoms with Crippen LogP contribution in [0.3, 0.4) is 0 Å². The number of hydrogen-bond donors (Lipinski definition) is 0. The van der Waals surface area contributed by atoms with Gasteiger partial charge >= 0.3 is 6.18 Å². The molecule has 0 heterocycles. The van der Waals surface area contributed by atoms with Crippen molar-refractivity contribution in [3.05, 3.63) is 70.8 Å². The normalized spacial score (nSPS) is 40.7. The van der Waals surface area contributed by atoms with Crippen LogP contribution in [0.1, 0.15) is 49.9 Å². The van der Waals surface area contributed by atoms with Crippen LogP contribution >= 0.6 is 0 Å². The van der Waals surface area contributed by atoms with Gasteiger partial charge < -0.3 is 4.90 Å². The van der Waals surface area contributed by atoms with Crippen LogP contribution in [0.2, 0.25) is 0 Å². The fraction of sp³-hybridized carbons (Fsp3) is 0.500. The first-order valence-electron chi connectivity index (χ1n) is 12.9. The molecular weight excluding hydrogens is 475 g/mol. The summed E-state index contributed by atoms with van der Waals surface area (Å²) in [6, 6.07) is 17.4. The van der Waals surface area contributed by atoms with Crippen molar-refractivity contribution in [1.82, 2.24) is 4.90 Å². The van der Waals surface area contributed by atoms with Crippen molar-refractivity contribution in [2.75, 3.05) is 0 Å². The summed E-state index contributed by atoms with van der Waals surface area (Å²) in [6.45, 7) is 7.98. The number of rotatable bonds is 5. The van der Waals surface area contributed by atoms with Gasteiger partial charge in [-0.15, -0.1) is 0 Å². The smallest absolute Gasteiger partial charge is 0.337 e. The Morgan fingerprint density at radius 3 is 1.78 bits per heavy atom. The van der Waals surface area contributed by atoms with Crippen LogP contribution in [0.15, 0.2) is 48.5 Å². The molecule has 6 saturated carbocycles. The topological polar surface area (TPSA) is 67.9 Å². The molecule has 8 rings (SSSR count). The quantitative estimate of drug-likeness (QED) is 0.549. The van der Waals surface area contributed by atoms with Crippen LogP contribution in [0.4, 0.5) is 13.2 Å². The molecule has 0 spiro atoms. The average molecular weight is 502 g/mol. The largest absolute Gasteiger partial charge is 0.416 e. The Kier molecular flexibility index (Phi) is 3.83. The number of hydrogen-bond acceptors (Lipinski definition) is 3. The molecule has 7 heteroatoms. The van der Waals surface area contributed by atoms with Crippen molar-refractivity contribution in [3.63, 3.8) is 0 Å². The molecule has 6 fully saturated rings. The van der Waals surface area contributed by atoms with E-state index in [9.17, 15) is 28.5 Å². The van der Waals surface area contributed by atoms with Crippen LogP contribution < -0.4 is 0 Å². The molecule has 37 heavy (non-hydrogen) atoms. The summed E-state index contributed by atoms with van der Waals surface area (Å²) >= 11 is 0. The molecule has 4 nitrogen and oxygen atoms in total. The first-order valence-corrected chi connectivity index (χ1v) is 12.9. The molecule has 0 N–H and O–H groups in total. The van der Waals surface area contributed by atoms with Gasteiger partial charge in [-0.3, -0.25) is 4.79 Å². The Morgan fingerprint density at radius 2 is 1.38 bits per heavy atom. The second kappa shape index (κ2) is 6.21. The third kappa shape index (κ3) is 1.77. The lowest BCUT2D eigenvalue weighted by Crippen LogP contribution is -3.22. The molecule has 6 aliphatic carbocycles. The van der Waals surface area contributed by atoms with Crippen LogP contribution in [0.5, 0.6) is 0 Å². The molecule has 0 aliphatic heterocycles. The van der Waals surface area contributed by atoms with E-state index in [-0.39, 0.29) is 41.7 Å². The van der Waals surface area contributed by atoms with E-state index in [1.165, 1.54) is 0 Å². The van der Waals surface area contributed by atoms with E-state index in [4.69, 9.17) is 0 Å². The van der Waals surface area contributed by atoms with E-state index in [1.807, 2.05) is 44.7 Å². The van der Waals surface area contributed by atoms with E-state index >= 15 is 0 Å². The molecule has 0 saturated heterocycles. The Labute approximate surface area is 213 Å².